The number of nitrogens with one attached hydrogen (secondary N) is 1. The van der Waals surface area contributed by atoms with E-state index in [1.165, 1.54) is 30.4 Å². The number of hydrogen-bond acceptors (Lipinski definition) is 2. The number of nitrogens with two attached hydrogens (primary N) is 1. The van der Waals surface area contributed by atoms with Crippen LogP contribution in [0, 0.1) is 5.41 Å². The number of benzene rings is 1. The van der Waals surface area contributed by atoms with E-state index in [1.54, 1.807) is 0 Å². The van der Waals surface area contributed by atoms with Gasteiger partial charge in [0.25, 0.3) is 0 Å². The predicted octanol–water partition coefficient (Wildman–Crippen LogP) is 2.43. The summed E-state index contributed by atoms with van der Waals surface area (Å²) >= 11 is 0. The average Bonchev–Trinajstić information content (AvgIpc) is 2.28. The third kappa shape index (κ3) is 2.83. The Hall–Kier alpha value is -0.860. The van der Waals surface area contributed by atoms with Crippen LogP contribution >= 0.6 is 0 Å². The van der Waals surface area contributed by atoms with E-state index in [0.717, 1.165) is 13.1 Å². The lowest BCUT2D eigenvalue weighted by Crippen LogP contribution is -2.36. The lowest BCUT2D eigenvalue weighted by molar-refractivity contribution is 0.156. The molecule has 3 N–H and O–H groups in total. The van der Waals surface area contributed by atoms with Crippen LogP contribution in [0.1, 0.15) is 37.3 Å². The standard InChI is InChI=1S/C14H22N2/c1-14(7-2-8-14)11-16-10-13-5-3-12(9-15)4-6-13/h3-6,16H,2,7-11,15H2,1H3. The molecule has 0 amide bonds. The summed E-state index contributed by atoms with van der Waals surface area (Å²) in [5.74, 6) is 0. The van der Waals surface area contributed by atoms with Gasteiger partial charge in [-0.1, -0.05) is 37.6 Å². The van der Waals surface area contributed by atoms with Crippen molar-refractivity contribution in [2.45, 2.75) is 39.3 Å². The maximum Gasteiger partial charge on any atom is 0.0205 e. The van der Waals surface area contributed by atoms with E-state index in [-0.39, 0.29) is 0 Å². The molecule has 0 unspecified atom stereocenters. The van der Waals surface area contributed by atoms with Crippen molar-refractivity contribution in [3.63, 3.8) is 0 Å². The van der Waals surface area contributed by atoms with Gasteiger partial charge in [0.15, 0.2) is 0 Å². The molecule has 0 heterocycles. The van der Waals surface area contributed by atoms with Crippen molar-refractivity contribution < 1.29 is 0 Å². The molecular formula is C14H22N2. The third-order valence-corrected chi connectivity index (χ3v) is 3.70. The second-order valence-electron chi connectivity index (χ2n) is 5.29. The van der Waals surface area contributed by atoms with Gasteiger partial charge in [0.2, 0.25) is 0 Å². The van der Waals surface area contributed by atoms with Gasteiger partial charge in [-0.3, -0.25) is 0 Å². The molecule has 1 aliphatic rings. The van der Waals surface area contributed by atoms with E-state index in [4.69, 9.17) is 5.73 Å². The van der Waals surface area contributed by atoms with Gasteiger partial charge in [0.05, 0.1) is 0 Å². The summed E-state index contributed by atoms with van der Waals surface area (Å²) < 4.78 is 0. The molecule has 1 aromatic rings. The van der Waals surface area contributed by atoms with Crippen molar-refractivity contribution in [1.29, 1.82) is 0 Å². The molecule has 1 fully saturated rings. The summed E-state index contributed by atoms with van der Waals surface area (Å²) in [5.41, 5.74) is 8.68. The number of rotatable bonds is 5. The van der Waals surface area contributed by atoms with Crippen molar-refractivity contribution in [3.8, 4) is 0 Å². The van der Waals surface area contributed by atoms with Crippen LogP contribution in [0.5, 0.6) is 0 Å². The molecule has 0 radical (unpaired) electrons. The fourth-order valence-corrected chi connectivity index (χ4v) is 2.26. The van der Waals surface area contributed by atoms with Gasteiger partial charge in [-0.25, -0.2) is 0 Å². The second kappa shape index (κ2) is 4.98. The highest BCUT2D eigenvalue weighted by Crippen LogP contribution is 2.39. The van der Waals surface area contributed by atoms with Gasteiger partial charge in [0.1, 0.15) is 0 Å². The van der Waals surface area contributed by atoms with Crippen LogP contribution in [-0.2, 0) is 13.1 Å². The summed E-state index contributed by atoms with van der Waals surface area (Å²) in [6, 6.07) is 8.56. The summed E-state index contributed by atoms with van der Waals surface area (Å²) in [6.45, 7) is 5.12. The number of hydrogen-bond donors (Lipinski definition) is 2. The van der Waals surface area contributed by atoms with Crippen LogP contribution in [0.4, 0.5) is 0 Å². The van der Waals surface area contributed by atoms with Crippen LogP contribution in [0.25, 0.3) is 0 Å². The zero-order valence-electron chi connectivity index (χ0n) is 10.1. The zero-order chi connectivity index (χ0) is 11.4. The van der Waals surface area contributed by atoms with Crippen LogP contribution < -0.4 is 11.1 Å². The normalized spacial score (nSPS) is 18.1. The van der Waals surface area contributed by atoms with Gasteiger partial charge in [-0.2, -0.15) is 0 Å². The molecule has 1 saturated carbocycles. The van der Waals surface area contributed by atoms with Crippen LogP contribution in [0.2, 0.25) is 0 Å². The third-order valence-electron chi connectivity index (χ3n) is 3.70. The second-order valence-corrected chi connectivity index (χ2v) is 5.29. The maximum atomic E-state index is 5.57. The van der Waals surface area contributed by atoms with Crippen molar-refractivity contribution in [2.75, 3.05) is 6.54 Å². The van der Waals surface area contributed by atoms with Crippen molar-refractivity contribution in [3.05, 3.63) is 35.4 Å². The minimum absolute atomic E-state index is 0.567. The molecule has 0 bridgehead atoms. The predicted molar refractivity (Wildman–Crippen MR) is 68.0 cm³/mol. The molecule has 0 spiro atoms. The van der Waals surface area contributed by atoms with Crippen LogP contribution in [-0.4, -0.2) is 6.54 Å². The SMILES string of the molecule is CC1(CNCc2ccc(CN)cc2)CCC1. The Labute approximate surface area is 98.2 Å². The highest BCUT2D eigenvalue weighted by molar-refractivity contribution is 5.22. The first kappa shape index (κ1) is 11.6. The minimum Gasteiger partial charge on any atom is -0.326 e. The molecule has 1 aromatic carbocycles. The molecule has 1 aliphatic carbocycles. The van der Waals surface area contributed by atoms with Crippen molar-refractivity contribution >= 4 is 0 Å². The maximum absolute atomic E-state index is 5.57. The first-order valence-corrected chi connectivity index (χ1v) is 6.20. The van der Waals surface area contributed by atoms with E-state index >= 15 is 0 Å². The quantitative estimate of drug-likeness (QED) is 0.796. The Balaban J connectivity index is 1.76. The van der Waals surface area contributed by atoms with E-state index in [9.17, 15) is 0 Å². The van der Waals surface area contributed by atoms with Gasteiger partial charge in [-0.15, -0.1) is 0 Å². The molecule has 0 aliphatic heterocycles. The molecule has 2 heteroatoms. The van der Waals surface area contributed by atoms with Gasteiger partial charge < -0.3 is 11.1 Å². The summed E-state index contributed by atoms with van der Waals surface area (Å²) in [6.07, 6.45) is 4.17. The average molecular weight is 218 g/mol. The molecular weight excluding hydrogens is 196 g/mol. The molecule has 0 aromatic heterocycles. The van der Waals surface area contributed by atoms with Crippen molar-refractivity contribution in [2.24, 2.45) is 11.1 Å². The summed E-state index contributed by atoms with van der Waals surface area (Å²) in [7, 11) is 0. The zero-order valence-corrected chi connectivity index (χ0v) is 10.1. The highest BCUT2D eigenvalue weighted by atomic mass is 14.9. The molecule has 2 nitrogen and oxygen atoms in total. The summed E-state index contributed by atoms with van der Waals surface area (Å²) in [5, 5.41) is 3.55. The van der Waals surface area contributed by atoms with Crippen LogP contribution in [0.15, 0.2) is 24.3 Å². The minimum atomic E-state index is 0.567. The Bertz CT molecular complexity index is 325. The van der Waals surface area contributed by atoms with Gasteiger partial charge in [0, 0.05) is 19.6 Å². The monoisotopic (exact) mass is 218 g/mol. The Morgan fingerprint density at radius 3 is 2.31 bits per heavy atom. The Morgan fingerprint density at radius 1 is 1.19 bits per heavy atom. The largest absolute Gasteiger partial charge is 0.326 e. The first-order valence-electron chi connectivity index (χ1n) is 6.20. The van der Waals surface area contributed by atoms with E-state index < -0.39 is 0 Å². The smallest absolute Gasteiger partial charge is 0.0205 e. The Morgan fingerprint density at radius 2 is 1.81 bits per heavy atom. The fraction of sp³-hybridized carbons (Fsp3) is 0.571. The summed E-state index contributed by atoms with van der Waals surface area (Å²) in [4.78, 5) is 0. The lowest BCUT2D eigenvalue weighted by Gasteiger charge is -2.38. The lowest BCUT2D eigenvalue weighted by atomic mass is 9.70. The van der Waals surface area contributed by atoms with Gasteiger partial charge >= 0.3 is 0 Å². The molecule has 2 rings (SSSR count). The van der Waals surface area contributed by atoms with Crippen molar-refractivity contribution in [1.82, 2.24) is 5.32 Å². The van der Waals surface area contributed by atoms with E-state index in [2.05, 4.69) is 36.5 Å². The fourth-order valence-electron chi connectivity index (χ4n) is 2.26. The van der Waals surface area contributed by atoms with E-state index in [1.807, 2.05) is 0 Å². The highest BCUT2D eigenvalue weighted by Gasteiger charge is 2.30. The molecule has 0 saturated heterocycles. The van der Waals surface area contributed by atoms with Gasteiger partial charge in [-0.05, 0) is 29.4 Å². The Kier molecular flexibility index (Phi) is 3.62. The molecule has 88 valence electrons. The van der Waals surface area contributed by atoms with Crippen LogP contribution in [0.3, 0.4) is 0 Å². The molecule has 16 heavy (non-hydrogen) atoms. The topological polar surface area (TPSA) is 38.0 Å². The first-order chi connectivity index (χ1) is 7.72. The van der Waals surface area contributed by atoms with E-state index in [0.29, 0.717) is 12.0 Å². The molecule has 0 atom stereocenters.